The summed E-state index contributed by atoms with van der Waals surface area (Å²) < 4.78 is 27.9. The van der Waals surface area contributed by atoms with Gasteiger partial charge in [-0.05, 0) is 13.0 Å². The van der Waals surface area contributed by atoms with Gasteiger partial charge in [0.15, 0.2) is 0 Å². The van der Waals surface area contributed by atoms with E-state index < -0.39 is 15.9 Å². The lowest BCUT2D eigenvalue weighted by Crippen LogP contribution is -2.52. The number of carbonyl (C=O) groups is 1. The van der Waals surface area contributed by atoms with Crippen molar-refractivity contribution in [3.05, 3.63) is 18.0 Å². The van der Waals surface area contributed by atoms with E-state index in [4.69, 9.17) is 5.73 Å². The molecular weight excluding hydrogens is 268 g/mol. The van der Waals surface area contributed by atoms with Gasteiger partial charge in [0.05, 0.1) is 0 Å². The van der Waals surface area contributed by atoms with Gasteiger partial charge >= 0.3 is 0 Å². The summed E-state index contributed by atoms with van der Waals surface area (Å²) in [5.74, 6) is -0.641. The summed E-state index contributed by atoms with van der Waals surface area (Å²) in [7, 11) is -1.98. The second-order valence-electron chi connectivity index (χ2n) is 4.71. The Morgan fingerprint density at radius 3 is 2.74 bits per heavy atom. The molecule has 8 heteroatoms. The lowest BCUT2D eigenvalue weighted by molar-refractivity contribution is 0.0992. The lowest BCUT2D eigenvalue weighted by Gasteiger charge is -2.32. The Hall–Kier alpha value is -1.38. The Bertz CT molecular complexity index is 593. The van der Waals surface area contributed by atoms with Crippen LogP contribution in [-0.4, -0.2) is 48.9 Å². The highest BCUT2D eigenvalue weighted by molar-refractivity contribution is 7.89. The van der Waals surface area contributed by atoms with Crippen molar-refractivity contribution in [1.82, 2.24) is 14.2 Å². The number of nitrogens with zero attached hydrogens (tertiary/aromatic N) is 2. The molecule has 0 unspecified atom stereocenters. The fourth-order valence-electron chi connectivity index (χ4n) is 2.24. The number of primary amides is 1. The van der Waals surface area contributed by atoms with Crippen LogP contribution in [0, 0.1) is 0 Å². The fraction of sp³-hybridized carbons (Fsp3) is 0.545. The maximum atomic E-state index is 12.5. The molecule has 0 saturated carbocycles. The molecule has 0 spiro atoms. The molecule has 1 atom stereocenters. The minimum atomic E-state index is -3.58. The molecule has 1 aromatic rings. The van der Waals surface area contributed by atoms with Crippen LogP contribution in [0.2, 0.25) is 0 Å². The van der Waals surface area contributed by atoms with Gasteiger partial charge < -0.3 is 15.6 Å². The summed E-state index contributed by atoms with van der Waals surface area (Å²) in [5, 5.41) is 3.14. The van der Waals surface area contributed by atoms with E-state index in [0.29, 0.717) is 19.6 Å². The molecule has 0 radical (unpaired) electrons. The topological polar surface area (TPSA) is 97.4 Å². The monoisotopic (exact) mass is 286 g/mol. The van der Waals surface area contributed by atoms with Crippen molar-refractivity contribution in [2.75, 3.05) is 19.6 Å². The highest BCUT2D eigenvalue weighted by atomic mass is 32.2. The molecule has 3 N–H and O–H groups in total. The van der Waals surface area contributed by atoms with Gasteiger partial charge in [-0.1, -0.05) is 0 Å². The molecule has 0 bridgehead atoms. The van der Waals surface area contributed by atoms with E-state index in [9.17, 15) is 13.2 Å². The minimum absolute atomic E-state index is 0.109. The Morgan fingerprint density at radius 1 is 1.53 bits per heavy atom. The molecule has 7 nitrogen and oxygen atoms in total. The van der Waals surface area contributed by atoms with Crippen LogP contribution in [0.1, 0.15) is 17.4 Å². The Morgan fingerprint density at radius 2 is 2.21 bits per heavy atom. The van der Waals surface area contributed by atoms with Crippen molar-refractivity contribution in [2.45, 2.75) is 17.9 Å². The van der Waals surface area contributed by atoms with Crippen LogP contribution in [0.4, 0.5) is 0 Å². The number of hydrogen-bond donors (Lipinski definition) is 2. The largest absolute Gasteiger partial charge is 0.364 e. The average Bonchev–Trinajstić information content (AvgIpc) is 2.72. The average molecular weight is 286 g/mol. The molecule has 1 aromatic heterocycles. The molecule has 0 aliphatic carbocycles. The van der Waals surface area contributed by atoms with E-state index >= 15 is 0 Å². The zero-order valence-electron chi connectivity index (χ0n) is 11.0. The zero-order chi connectivity index (χ0) is 14.2. The van der Waals surface area contributed by atoms with Crippen molar-refractivity contribution >= 4 is 15.9 Å². The van der Waals surface area contributed by atoms with Gasteiger partial charge in [-0.2, -0.15) is 4.31 Å². The molecule has 106 valence electrons. The quantitative estimate of drug-likeness (QED) is 0.753. The molecule has 0 aromatic carbocycles. The number of nitrogens with one attached hydrogen (secondary N) is 1. The van der Waals surface area contributed by atoms with Crippen molar-refractivity contribution < 1.29 is 13.2 Å². The van der Waals surface area contributed by atoms with Gasteiger partial charge in [0.2, 0.25) is 10.0 Å². The lowest BCUT2D eigenvalue weighted by atomic mass is 10.3. The van der Waals surface area contributed by atoms with Gasteiger partial charge in [-0.15, -0.1) is 0 Å². The Kier molecular flexibility index (Phi) is 3.66. The highest BCUT2D eigenvalue weighted by Gasteiger charge is 2.32. The number of amides is 1. The number of sulfonamides is 1. The van der Waals surface area contributed by atoms with Crippen LogP contribution in [0.25, 0.3) is 0 Å². The number of aromatic nitrogens is 1. The third kappa shape index (κ3) is 2.51. The molecule has 19 heavy (non-hydrogen) atoms. The van der Waals surface area contributed by atoms with Gasteiger partial charge in [0.1, 0.15) is 10.6 Å². The summed E-state index contributed by atoms with van der Waals surface area (Å²) in [6, 6.07) is 1.21. The molecule has 2 heterocycles. The molecule has 1 aliphatic rings. The van der Waals surface area contributed by atoms with E-state index in [2.05, 4.69) is 5.32 Å². The highest BCUT2D eigenvalue weighted by Crippen LogP contribution is 2.21. The predicted molar refractivity (Wildman–Crippen MR) is 70.2 cm³/mol. The molecule has 1 fully saturated rings. The maximum Gasteiger partial charge on any atom is 0.265 e. The van der Waals surface area contributed by atoms with E-state index in [0.717, 1.165) is 0 Å². The van der Waals surface area contributed by atoms with Gasteiger partial charge in [-0.3, -0.25) is 4.79 Å². The first kappa shape index (κ1) is 14.0. The zero-order valence-corrected chi connectivity index (χ0v) is 11.8. The molecule has 1 aliphatic heterocycles. The van der Waals surface area contributed by atoms with Crippen molar-refractivity contribution in [1.29, 1.82) is 0 Å². The van der Waals surface area contributed by atoms with Crippen molar-refractivity contribution in [2.24, 2.45) is 12.8 Å². The third-order valence-electron chi connectivity index (χ3n) is 3.28. The number of carbonyl (C=O) groups excluding carboxylic acids is 1. The fourth-order valence-corrected chi connectivity index (χ4v) is 3.94. The number of piperazine rings is 1. The maximum absolute atomic E-state index is 12.5. The van der Waals surface area contributed by atoms with Gasteiger partial charge in [0.25, 0.3) is 5.91 Å². The number of hydrogen-bond acceptors (Lipinski definition) is 4. The predicted octanol–water partition coefficient (Wildman–Crippen LogP) is -0.894. The summed E-state index contributed by atoms with van der Waals surface area (Å²) in [6.07, 6.45) is 1.42. The number of rotatable bonds is 3. The van der Waals surface area contributed by atoms with E-state index in [1.54, 1.807) is 7.05 Å². The minimum Gasteiger partial charge on any atom is -0.364 e. The molecular formula is C11H18N4O3S. The third-order valence-corrected chi connectivity index (χ3v) is 5.26. The first-order chi connectivity index (χ1) is 8.84. The Balaban J connectivity index is 2.39. The molecule has 1 saturated heterocycles. The number of aryl methyl sites for hydroxylation is 1. The van der Waals surface area contributed by atoms with Crippen molar-refractivity contribution in [3.63, 3.8) is 0 Å². The Labute approximate surface area is 112 Å². The second kappa shape index (κ2) is 4.95. The van der Waals surface area contributed by atoms with Crippen LogP contribution in [0.5, 0.6) is 0 Å². The van der Waals surface area contributed by atoms with Gasteiger partial charge in [-0.25, -0.2) is 8.42 Å². The first-order valence-electron chi connectivity index (χ1n) is 6.03. The van der Waals surface area contributed by atoms with Crippen LogP contribution < -0.4 is 11.1 Å². The van der Waals surface area contributed by atoms with E-state index in [-0.39, 0.29) is 16.6 Å². The normalized spacial score (nSPS) is 21.5. The smallest absolute Gasteiger partial charge is 0.265 e. The number of nitrogens with two attached hydrogens (primary N) is 1. The SMILES string of the molecule is C[C@H]1CNCCN1S(=O)(=O)c1cc(C(N)=O)n(C)c1. The van der Waals surface area contributed by atoms with Gasteiger partial charge in [0, 0.05) is 38.9 Å². The summed E-state index contributed by atoms with van der Waals surface area (Å²) in [6.45, 7) is 3.51. The second-order valence-corrected chi connectivity index (χ2v) is 6.60. The van der Waals surface area contributed by atoms with E-state index in [1.807, 2.05) is 6.92 Å². The summed E-state index contributed by atoms with van der Waals surface area (Å²) >= 11 is 0. The van der Waals surface area contributed by atoms with Crippen molar-refractivity contribution in [3.8, 4) is 0 Å². The van der Waals surface area contributed by atoms with Crippen LogP contribution in [0.3, 0.4) is 0 Å². The molecule has 2 rings (SSSR count). The summed E-state index contributed by atoms with van der Waals surface area (Å²) in [5.41, 5.74) is 5.38. The standard InChI is InChI=1S/C11H18N4O3S/c1-8-6-13-3-4-15(8)19(17,18)9-5-10(11(12)16)14(2)7-9/h5,7-8,13H,3-4,6H2,1-2H3,(H2,12,16)/t8-/m0/s1. The summed E-state index contributed by atoms with van der Waals surface area (Å²) in [4.78, 5) is 11.3. The van der Waals surface area contributed by atoms with Crippen LogP contribution >= 0.6 is 0 Å². The van der Waals surface area contributed by atoms with Crippen LogP contribution in [-0.2, 0) is 17.1 Å². The van der Waals surface area contributed by atoms with Crippen LogP contribution in [0.15, 0.2) is 17.2 Å². The molecule has 1 amide bonds. The van der Waals surface area contributed by atoms with E-state index in [1.165, 1.54) is 21.1 Å². The first-order valence-corrected chi connectivity index (χ1v) is 7.47.